The average Bonchev–Trinajstić information content (AvgIpc) is 2.61. The van der Waals surface area contributed by atoms with E-state index in [-0.39, 0.29) is 5.56 Å². The van der Waals surface area contributed by atoms with Crippen LogP contribution in [0, 0.1) is 35.2 Å². The maximum Gasteiger partial charge on any atom is 0.195 e. The number of allylic oxidation sites excluding steroid dienone is 2. The van der Waals surface area contributed by atoms with Crippen molar-refractivity contribution in [2.24, 2.45) is 17.8 Å². The zero-order chi connectivity index (χ0) is 17.1. The molecular formula is C21H27F3. The monoisotopic (exact) mass is 336 g/mol. The summed E-state index contributed by atoms with van der Waals surface area (Å²) in [6.07, 6.45) is 12.8. The smallest absolute Gasteiger partial charge is 0.195 e. The highest BCUT2D eigenvalue weighted by atomic mass is 19.2. The van der Waals surface area contributed by atoms with Crippen LogP contribution < -0.4 is 0 Å². The van der Waals surface area contributed by atoms with Crippen LogP contribution in [0.1, 0.15) is 70.3 Å². The fraction of sp³-hybridized carbons (Fsp3) is 0.619. The van der Waals surface area contributed by atoms with Gasteiger partial charge in [-0.15, -0.1) is 0 Å². The van der Waals surface area contributed by atoms with Crippen molar-refractivity contribution in [3.8, 4) is 0 Å². The number of benzene rings is 1. The lowest BCUT2D eigenvalue weighted by molar-refractivity contribution is 0.189. The van der Waals surface area contributed by atoms with Crippen molar-refractivity contribution in [2.45, 2.75) is 64.7 Å². The molecule has 0 amide bonds. The Morgan fingerprint density at radius 2 is 1.67 bits per heavy atom. The lowest BCUT2D eigenvalue weighted by Gasteiger charge is -2.35. The highest BCUT2D eigenvalue weighted by molar-refractivity contribution is 5.66. The molecule has 2 aliphatic carbocycles. The minimum Gasteiger partial charge on any atom is -0.204 e. The van der Waals surface area contributed by atoms with E-state index in [1.54, 1.807) is 0 Å². The van der Waals surface area contributed by atoms with Gasteiger partial charge in [0.1, 0.15) is 0 Å². The lowest BCUT2D eigenvalue weighted by atomic mass is 9.70. The van der Waals surface area contributed by atoms with Gasteiger partial charge in [-0.1, -0.05) is 38.7 Å². The highest BCUT2D eigenvalue weighted by Gasteiger charge is 2.29. The second kappa shape index (κ2) is 7.76. The molecule has 1 fully saturated rings. The molecule has 0 saturated heterocycles. The Bertz CT molecular complexity index is 597. The molecule has 132 valence electrons. The van der Waals surface area contributed by atoms with Gasteiger partial charge in [-0.3, -0.25) is 0 Å². The Morgan fingerprint density at radius 3 is 2.29 bits per heavy atom. The van der Waals surface area contributed by atoms with Crippen molar-refractivity contribution in [2.75, 3.05) is 0 Å². The minimum atomic E-state index is -1.36. The number of hydrogen-bond donors (Lipinski definition) is 0. The lowest BCUT2D eigenvalue weighted by Crippen LogP contribution is -2.23. The second-order valence-electron chi connectivity index (χ2n) is 7.56. The number of halogens is 3. The summed E-state index contributed by atoms with van der Waals surface area (Å²) < 4.78 is 40.5. The second-order valence-corrected chi connectivity index (χ2v) is 7.56. The standard InChI is InChI=1S/C21H27F3/c1-2-3-14-4-6-15(7-5-14)16-8-10-17(11-9-16)18-12-13-19(22)21(24)20(18)23/h10,12-16H,2-9,11H2,1H3/t14-,15-,16?. The van der Waals surface area contributed by atoms with Gasteiger partial charge >= 0.3 is 0 Å². The quantitative estimate of drug-likeness (QED) is 0.525. The van der Waals surface area contributed by atoms with Crippen LogP contribution in [0.15, 0.2) is 18.2 Å². The van der Waals surface area contributed by atoms with E-state index >= 15 is 0 Å². The fourth-order valence-corrected chi connectivity index (χ4v) is 4.66. The first kappa shape index (κ1) is 17.6. The van der Waals surface area contributed by atoms with E-state index in [0.29, 0.717) is 5.92 Å². The molecule has 3 heteroatoms. The third-order valence-electron chi connectivity index (χ3n) is 6.09. The zero-order valence-electron chi connectivity index (χ0n) is 14.5. The fourth-order valence-electron chi connectivity index (χ4n) is 4.66. The van der Waals surface area contributed by atoms with Crippen molar-refractivity contribution < 1.29 is 13.2 Å². The van der Waals surface area contributed by atoms with Crippen molar-refractivity contribution >= 4 is 5.57 Å². The van der Waals surface area contributed by atoms with Crippen molar-refractivity contribution in [3.05, 3.63) is 41.2 Å². The van der Waals surface area contributed by atoms with Crippen LogP contribution in [0.4, 0.5) is 13.2 Å². The molecule has 0 bridgehead atoms. The molecular weight excluding hydrogens is 309 g/mol. The van der Waals surface area contributed by atoms with Gasteiger partial charge in [0.25, 0.3) is 0 Å². The van der Waals surface area contributed by atoms with Gasteiger partial charge in [0, 0.05) is 5.56 Å². The molecule has 0 aliphatic heterocycles. The largest absolute Gasteiger partial charge is 0.204 e. The van der Waals surface area contributed by atoms with E-state index < -0.39 is 17.5 Å². The highest BCUT2D eigenvalue weighted by Crippen LogP contribution is 2.42. The van der Waals surface area contributed by atoms with Crippen molar-refractivity contribution in [3.63, 3.8) is 0 Å². The zero-order valence-corrected chi connectivity index (χ0v) is 14.5. The predicted molar refractivity (Wildman–Crippen MR) is 92.0 cm³/mol. The summed E-state index contributed by atoms with van der Waals surface area (Å²) in [5, 5.41) is 0. The van der Waals surface area contributed by atoms with E-state index in [1.165, 1.54) is 44.6 Å². The maximum atomic E-state index is 14.0. The first-order valence-electron chi connectivity index (χ1n) is 9.43. The molecule has 2 aliphatic rings. The molecule has 1 aromatic rings. The Labute approximate surface area is 143 Å². The van der Waals surface area contributed by atoms with Crippen LogP contribution in [-0.4, -0.2) is 0 Å². The summed E-state index contributed by atoms with van der Waals surface area (Å²) in [5.74, 6) is -1.15. The first-order valence-corrected chi connectivity index (χ1v) is 9.43. The van der Waals surface area contributed by atoms with E-state index in [2.05, 4.69) is 13.0 Å². The Morgan fingerprint density at radius 1 is 0.917 bits per heavy atom. The van der Waals surface area contributed by atoms with Gasteiger partial charge in [-0.05, 0) is 67.6 Å². The number of rotatable bonds is 4. The Balaban J connectivity index is 1.62. The molecule has 1 atom stereocenters. The average molecular weight is 336 g/mol. The van der Waals surface area contributed by atoms with Crippen LogP contribution >= 0.6 is 0 Å². The van der Waals surface area contributed by atoms with Gasteiger partial charge in [0.15, 0.2) is 17.5 Å². The maximum absolute atomic E-state index is 14.0. The van der Waals surface area contributed by atoms with Gasteiger partial charge in [-0.2, -0.15) is 0 Å². The molecule has 0 nitrogen and oxygen atoms in total. The third kappa shape index (κ3) is 3.70. The van der Waals surface area contributed by atoms with Crippen LogP contribution in [0.3, 0.4) is 0 Å². The minimum absolute atomic E-state index is 0.235. The molecule has 24 heavy (non-hydrogen) atoms. The molecule has 0 aromatic heterocycles. The summed E-state index contributed by atoms with van der Waals surface area (Å²) >= 11 is 0. The molecule has 0 N–H and O–H groups in total. The van der Waals surface area contributed by atoms with E-state index in [0.717, 1.165) is 42.7 Å². The van der Waals surface area contributed by atoms with Crippen LogP contribution in [0.2, 0.25) is 0 Å². The van der Waals surface area contributed by atoms with E-state index in [9.17, 15) is 13.2 Å². The molecule has 1 saturated carbocycles. The summed E-state index contributed by atoms with van der Waals surface area (Å²) in [5.41, 5.74) is 1.07. The molecule has 1 unspecified atom stereocenters. The Hall–Kier alpha value is -1.25. The summed E-state index contributed by atoms with van der Waals surface area (Å²) in [7, 11) is 0. The molecule has 0 heterocycles. The van der Waals surface area contributed by atoms with E-state index in [4.69, 9.17) is 0 Å². The van der Waals surface area contributed by atoms with Crippen molar-refractivity contribution in [1.29, 1.82) is 0 Å². The number of hydrogen-bond acceptors (Lipinski definition) is 0. The summed E-state index contributed by atoms with van der Waals surface area (Å²) in [6, 6.07) is 2.39. The van der Waals surface area contributed by atoms with Crippen LogP contribution in [-0.2, 0) is 0 Å². The Kier molecular flexibility index (Phi) is 5.68. The SMILES string of the molecule is CCC[C@H]1CC[C@H](C2CC=C(c3ccc(F)c(F)c3F)CC2)CC1. The van der Waals surface area contributed by atoms with Gasteiger partial charge in [-0.25, -0.2) is 13.2 Å². The van der Waals surface area contributed by atoms with Crippen LogP contribution in [0.25, 0.3) is 5.57 Å². The van der Waals surface area contributed by atoms with Crippen molar-refractivity contribution in [1.82, 2.24) is 0 Å². The first-order chi connectivity index (χ1) is 11.6. The molecule has 3 rings (SSSR count). The van der Waals surface area contributed by atoms with Gasteiger partial charge < -0.3 is 0 Å². The summed E-state index contributed by atoms with van der Waals surface area (Å²) in [4.78, 5) is 0. The van der Waals surface area contributed by atoms with Crippen LogP contribution in [0.5, 0.6) is 0 Å². The molecule has 0 radical (unpaired) electrons. The topological polar surface area (TPSA) is 0 Å². The summed E-state index contributed by atoms with van der Waals surface area (Å²) in [6.45, 7) is 2.26. The van der Waals surface area contributed by atoms with E-state index in [1.807, 2.05) is 0 Å². The third-order valence-corrected chi connectivity index (χ3v) is 6.09. The molecule has 1 aromatic carbocycles. The normalized spacial score (nSPS) is 27.8. The van der Waals surface area contributed by atoms with Gasteiger partial charge in [0.2, 0.25) is 0 Å². The predicted octanol–water partition coefficient (Wildman–Crippen LogP) is 6.89. The van der Waals surface area contributed by atoms with Gasteiger partial charge in [0.05, 0.1) is 0 Å². The molecule has 0 spiro atoms.